The van der Waals surface area contributed by atoms with Crippen molar-refractivity contribution in [1.82, 2.24) is 9.55 Å². The van der Waals surface area contributed by atoms with E-state index in [1.165, 1.54) is 0 Å². The Kier molecular flexibility index (Phi) is 4.38. The minimum atomic E-state index is -0.0301. The summed E-state index contributed by atoms with van der Waals surface area (Å²) in [6.07, 6.45) is 0. The van der Waals surface area contributed by atoms with Crippen LogP contribution >= 0.6 is 0 Å². The molecule has 4 heteroatoms. The van der Waals surface area contributed by atoms with Gasteiger partial charge in [-0.2, -0.15) is 0 Å². The van der Waals surface area contributed by atoms with Gasteiger partial charge in [-0.15, -0.1) is 0 Å². The van der Waals surface area contributed by atoms with E-state index in [0.717, 1.165) is 33.7 Å². The van der Waals surface area contributed by atoms with E-state index in [1.54, 1.807) is 0 Å². The van der Waals surface area contributed by atoms with Crippen molar-refractivity contribution in [2.45, 2.75) is 40.2 Å². The summed E-state index contributed by atoms with van der Waals surface area (Å²) in [7, 11) is 0. The van der Waals surface area contributed by atoms with Gasteiger partial charge in [0.05, 0.1) is 11.0 Å². The third kappa shape index (κ3) is 3.04. The van der Waals surface area contributed by atoms with Crippen molar-refractivity contribution < 1.29 is 4.79 Å². The van der Waals surface area contributed by atoms with Crippen LogP contribution in [0, 0.1) is 13.8 Å². The van der Waals surface area contributed by atoms with Crippen LogP contribution in [-0.2, 0) is 11.3 Å². The molecule has 0 unspecified atom stereocenters. The van der Waals surface area contributed by atoms with Crippen molar-refractivity contribution in [3.05, 3.63) is 59.4 Å². The highest BCUT2D eigenvalue weighted by atomic mass is 16.1. The number of hydrogen-bond acceptors (Lipinski definition) is 2. The molecule has 1 amide bonds. The van der Waals surface area contributed by atoms with E-state index in [1.807, 2.05) is 60.9 Å². The Morgan fingerprint density at radius 3 is 2.42 bits per heavy atom. The average molecular weight is 321 g/mol. The molecule has 1 heterocycles. The number of amides is 1. The first-order valence-corrected chi connectivity index (χ1v) is 8.28. The summed E-state index contributed by atoms with van der Waals surface area (Å²) in [5.41, 5.74) is 4.97. The first kappa shape index (κ1) is 16.2. The molecule has 0 aliphatic carbocycles. The van der Waals surface area contributed by atoms with E-state index in [-0.39, 0.29) is 18.4 Å². The number of hydrogen-bond donors (Lipinski definition) is 1. The van der Waals surface area contributed by atoms with Gasteiger partial charge in [-0.25, -0.2) is 4.98 Å². The molecule has 1 N–H and O–H groups in total. The van der Waals surface area contributed by atoms with Crippen LogP contribution in [-0.4, -0.2) is 15.5 Å². The summed E-state index contributed by atoms with van der Waals surface area (Å²) in [4.78, 5) is 17.3. The smallest absolute Gasteiger partial charge is 0.244 e. The molecule has 2 aromatic carbocycles. The number of imidazole rings is 1. The summed E-state index contributed by atoms with van der Waals surface area (Å²) in [5, 5.41) is 3.06. The highest BCUT2D eigenvalue weighted by Crippen LogP contribution is 2.23. The molecule has 0 fully saturated rings. The zero-order valence-electron chi connectivity index (χ0n) is 14.6. The third-order valence-electron chi connectivity index (χ3n) is 4.25. The molecule has 24 heavy (non-hydrogen) atoms. The highest BCUT2D eigenvalue weighted by Gasteiger charge is 2.16. The topological polar surface area (TPSA) is 46.9 Å². The van der Waals surface area contributed by atoms with Crippen molar-refractivity contribution in [3.8, 4) is 0 Å². The second kappa shape index (κ2) is 6.48. The molecule has 0 aliphatic heterocycles. The first-order chi connectivity index (χ1) is 11.5. The minimum Gasteiger partial charge on any atom is -0.324 e. The van der Waals surface area contributed by atoms with Gasteiger partial charge in [0.15, 0.2) is 0 Å². The maximum atomic E-state index is 12.6. The molecule has 0 bridgehead atoms. The molecule has 3 rings (SSSR count). The van der Waals surface area contributed by atoms with Gasteiger partial charge in [0, 0.05) is 11.6 Å². The maximum absolute atomic E-state index is 12.6. The number of para-hydroxylation sites is 3. The largest absolute Gasteiger partial charge is 0.324 e. The molecule has 4 nitrogen and oxygen atoms in total. The summed E-state index contributed by atoms with van der Waals surface area (Å²) in [5.74, 6) is 1.16. The molecule has 1 aromatic heterocycles. The van der Waals surface area contributed by atoms with E-state index in [2.05, 4.69) is 19.2 Å². The second-order valence-electron chi connectivity index (χ2n) is 6.51. The zero-order chi connectivity index (χ0) is 17.3. The van der Waals surface area contributed by atoms with Crippen LogP contribution in [0.2, 0.25) is 0 Å². The number of aromatic nitrogens is 2. The number of nitrogens with one attached hydrogen (secondary N) is 1. The molecule has 0 saturated carbocycles. The normalized spacial score (nSPS) is 11.2. The quantitative estimate of drug-likeness (QED) is 0.773. The number of rotatable bonds is 4. The standard InChI is InChI=1S/C20H23N3O/c1-13(2)20-21-16-10-5-6-11-17(16)23(20)12-18(24)22-19-14(3)8-7-9-15(19)4/h5-11,13H,12H2,1-4H3,(H,22,24). The van der Waals surface area contributed by atoms with E-state index in [0.29, 0.717) is 0 Å². The Hall–Kier alpha value is -2.62. The van der Waals surface area contributed by atoms with Gasteiger partial charge < -0.3 is 9.88 Å². The Morgan fingerprint density at radius 1 is 1.08 bits per heavy atom. The van der Waals surface area contributed by atoms with Gasteiger partial charge in [0.25, 0.3) is 0 Å². The van der Waals surface area contributed by atoms with Crippen LogP contribution in [0.25, 0.3) is 11.0 Å². The summed E-state index contributed by atoms with van der Waals surface area (Å²) >= 11 is 0. The number of fused-ring (bicyclic) bond motifs is 1. The van der Waals surface area contributed by atoms with E-state index in [9.17, 15) is 4.79 Å². The lowest BCUT2D eigenvalue weighted by atomic mass is 10.1. The lowest BCUT2D eigenvalue weighted by Crippen LogP contribution is -2.21. The van der Waals surface area contributed by atoms with E-state index in [4.69, 9.17) is 4.98 Å². The molecule has 0 saturated heterocycles. The molecular weight excluding hydrogens is 298 g/mol. The molecule has 0 spiro atoms. The van der Waals surface area contributed by atoms with Crippen LogP contribution < -0.4 is 5.32 Å². The van der Waals surface area contributed by atoms with Crippen molar-refractivity contribution in [1.29, 1.82) is 0 Å². The number of anilines is 1. The lowest BCUT2D eigenvalue weighted by Gasteiger charge is -2.14. The van der Waals surface area contributed by atoms with Gasteiger partial charge in [0.2, 0.25) is 5.91 Å². The van der Waals surface area contributed by atoms with Crippen LogP contribution in [0.1, 0.15) is 36.7 Å². The number of aryl methyl sites for hydroxylation is 2. The summed E-state index contributed by atoms with van der Waals surface area (Å²) in [6, 6.07) is 14.0. The SMILES string of the molecule is Cc1cccc(C)c1NC(=O)Cn1c(C(C)C)nc2ccccc21. The van der Waals surface area contributed by atoms with Crippen molar-refractivity contribution in [2.24, 2.45) is 0 Å². The number of carbonyl (C=O) groups is 1. The molecule has 124 valence electrons. The first-order valence-electron chi connectivity index (χ1n) is 8.28. The van der Waals surface area contributed by atoms with E-state index < -0.39 is 0 Å². The second-order valence-corrected chi connectivity index (χ2v) is 6.51. The average Bonchev–Trinajstić information content (AvgIpc) is 2.90. The van der Waals surface area contributed by atoms with Gasteiger partial charge in [-0.05, 0) is 37.1 Å². The fraction of sp³-hybridized carbons (Fsp3) is 0.300. The van der Waals surface area contributed by atoms with Crippen molar-refractivity contribution in [2.75, 3.05) is 5.32 Å². The lowest BCUT2D eigenvalue weighted by molar-refractivity contribution is -0.116. The molecule has 0 radical (unpaired) electrons. The van der Waals surface area contributed by atoms with Crippen molar-refractivity contribution >= 4 is 22.6 Å². The van der Waals surface area contributed by atoms with Crippen LogP contribution in [0.15, 0.2) is 42.5 Å². The maximum Gasteiger partial charge on any atom is 0.244 e. The minimum absolute atomic E-state index is 0.0301. The summed E-state index contributed by atoms with van der Waals surface area (Å²) < 4.78 is 2.02. The molecule has 3 aromatic rings. The number of nitrogens with zero attached hydrogens (tertiary/aromatic N) is 2. The Bertz CT molecular complexity index is 873. The molecular formula is C20H23N3O. The Morgan fingerprint density at radius 2 is 1.75 bits per heavy atom. The number of carbonyl (C=O) groups excluding carboxylic acids is 1. The Labute approximate surface area is 142 Å². The monoisotopic (exact) mass is 321 g/mol. The van der Waals surface area contributed by atoms with Gasteiger partial charge in [-0.3, -0.25) is 4.79 Å². The zero-order valence-corrected chi connectivity index (χ0v) is 14.6. The molecule has 0 aliphatic rings. The van der Waals surface area contributed by atoms with Crippen LogP contribution in [0.3, 0.4) is 0 Å². The van der Waals surface area contributed by atoms with Crippen molar-refractivity contribution in [3.63, 3.8) is 0 Å². The molecule has 0 atom stereocenters. The van der Waals surface area contributed by atoms with Crippen LogP contribution in [0.5, 0.6) is 0 Å². The van der Waals surface area contributed by atoms with Gasteiger partial charge >= 0.3 is 0 Å². The highest BCUT2D eigenvalue weighted by molar-refractivity contribution is 5.93. The van der Waals surface area contributed by atoms with Gasteiger partial charge in [-0.1, -0.05) is 44.2 Å². The fourth-order valence-corrected chi connectivity index (χ4v) is 3.04. The fourth-order valence-electron chi connectivity index (χ4n) is 3.04. The third-order valence-corrected chi connectivity index (χ3v) is 4.25. The predicted octanol–water partition coefficient (Wildman–Crippen LogP) is 4.42. The van der Waals surface area contributed by atoms with Crippen LogP contribution in [0.4, 0.5) is 5.69 Å². The summed E-state index contributed by atoms with van der Waals surface area (Å²) in [6.45, 7) is 8.48. The predicted molar refractivity (Wildman–Crippen MR) is 98.4 cm³/mol. The van der Waals surface area contributed by atoms with E-state index >= 15 is 0 Å². The number of benzene rings is 2. The van der Waals surface area contributed by atoms with Gasteiger partial charge in [0.1, 0.15) is 12.4 Å². The Balaban J connectivity index is 1.92.